The van der Waals surface area contributed by atoms with Gasteiger partial charge in [0.25, 0.3) is 5.91 Å². The van der Waals surface area contributed by atoms with Crippen LogP contribution < -0.4 is 15.6 Å². The van der Waals surface area contributed by atoms with Gasteiger partial charge in [-0.15, -0.1) is 0 Å². The summed E-state index contributed by atoms with van der Waals surface area (Å²) in [6.45, 7) is 0.500. The van der Waals surface area contributed by atoms with Gasteiger partial charge in [-0.2, -0.15) is 0 Å². The van der Waals surface area contributed by atoms with Crippen LogP contribution >= 0.6 is 0 Å². The number of carbonyl (C=O) groups is 2. The second kappa shape index (κ2) is 8.21. The number of hydrogen-bond acceptors (Lipinski definition) is 4. The highest BCUT2D eigenvalue weighted by Gasteiger charge is 2.78. The molecular formula is C31H30F2N4O3. The summed E-state index contributed by atoms with van der Waals surface area (Å²) in [5.41, 5.74) is -0.638. The SMILES string of the molecule is O=C(NC12CC3CC4CCC1(C2)C4C3)c1cn(-c2ccc(F)cc2F)c2nc(N3CCCCC3=O)ccc2c1=O. The van der Waals surface area contributed by atoms with E-state index in [4.69, 9.17) is 0 Å². The fourth-order valence-corrected chi connectivity index (χ4v) is 9.03. The van der Waals surface area contributed by atoms with Gasteiger partial charge < -0.3 is 5.32 Å². The van der Waals surface area contributed by atoms with Crippen LogP contribution in [-0.4, -0.2) is 33.4 Å². The zero-order valence-electron chi connectivity index (χ0n) is 22.1. The first kappa shape index (κ1) is 24.2. The number of piperidine rings is 1. The normalized spacial score (nSPS) is 31.9. The third-order valence-electron chi connectivity index (χ3n) is 10.7. The number of amides is 2. The van der Waals surface area contributed by atoms with Crippen molar-refractivity contribution in [1.29, 1.82) is 0 Å². The van der Waals surface area contributed by atoms with Crippen molar-refractivity contribution >= 4 is 28.7 Å². The van der Waals surface area contributed by atoms with E-state index in [1.807, 2.05) is 0 Å². The summed E-state index contributed by atoms with van der Waals surface area (Å²) in [5, 5.41) is 3.44. The number of nitrogens with zero attached hydrogens (tertiary/aromatic N) is 3. The molecule has 1 spiro atoms. The van der Waals surface area contributed by atoms with E-state index in [0.29, 0.717) is 30.6 Å². The summed E-state index contributed by atoms with van der Waals surface area (Å²) in [7, 11) is 0. The number of anilines is 1. The number of fused-ring (bicyclic) bond motifs is 2. The molecule has 7 nitrogen and oxygen atoms in total. The van der Waals surface area contributed by atoms with E-state index in [0.717, 1.165) is 50.2 Å². The lowest BCUT2D eigenvalue weighted by Crippen LogP contribution is -2.46. The lowest BCUT2D eigenvalue weighted by atomic mass is 9.77. The van der Waals surface area contributed by atoms with Crippen LogP contribution in [0.15, 0.2) is 41.3 Å². The maximum Gasteiger partial charge on any atom is 0.257 e. The summed E-state index contributed by atoms with van der Waals surface area (Å²) in [4.78, 5) is 46.4. The minimum atomic E-state index is -0.849. The maximum absolute atomic E-state index is 15.1. The molecule has 5 unspecified atom stereocenters. The van der Waals surface area contributed by atoms with Crippen LogP contribution in [0, 0.1) is 34.8 Å². The predicted molar refractivity (Wildman–Crippen MR) is 144 cm³/mol. The van der Waals surface area contributed by atoms with Crippen molar-refractivity contribution in [3.05, 3.63) is 63.9 Å². The van der Waals surface area contributed by atoms with Crippen molar-refractivity contribution in [2.45, 2.75) is 63.3 Å². The van der Waals surface area contributed by atoms with Gasteiger partial charge >= 0.3 is 0 Å². The second-order valence-electron chi connectivity index (χ2n) is 12.7. The first-order valence-corrected chi connectivity index (χ1v) is 14.4. The Balaban J connectivity index is 1.24. The molecule has 2 aromatic heterocycles. The van der Waals surface area contributed by atoms with Crippen LogP contribution in [0.1, 0.15) is 68.1 Å². The van der Waals surface area contributed by atoms with Crippen molar-refractivity contribution in [3.8, 4) is 5.69 Å². The quantitative estimate of drug-likeness (QED) is 0.508. The van der Waals surface area contributed by atoms with Crippen molar-refractivity contribution < 1.29 is 18.4 Å². The van der Waals surface area contributed by atoms with Gasteiger partial charge in [-0.3, -0.25) is 23.9 Å². The van der Waals surface area contributed by atoms with E-state index in [-0.39, 0.29) is 39.1 Å². The van der Waals surface area contributed by atoms with Crippen molar-refractivity contribution in [2.75, 3.05) is 11.4 Å². The largest absolute Gasteiger partial charge is 0.346 e. The zero-order chi connectivity index (χ0) is 27.4. The van der Waals surface area contributed by atoms with Gasteiger partial charge in [0.1, 0.15) is 23.0 Å². The maximum atomic E-state index is 15.1. The monoisotopic (exact) mass is 544 g/mol. The molecule has 1 aliphatic heterocycles. The molecule has 40 heavy (non-hydrogen) atoms. The first-order chi connectivity index (χ1) is 19.3. The molecule has 206 valence electrons. The third kappa shape index (κ3) is 3.26. The Labute approximate surface area is 229 Å². The molecule has 5 atom stereocenters. The highest BCUT2D eigenvalue weighted by Crippen LogP contribution is 2.79. The van der Waals surface area contributed by atoms with Crippen LogP contribution in [0.5, 0.6) is 0 Å². The second-order valence-corrected chi connectivity index (χ2v) is 12.7. The van der Waals surface area contributed by atoms with E-state index >= 15 is 4.39 Å². The van der Waals surface area contributed by atoms with E-state index in [1.54, 1.807) is 17.0 Å². The molecule has 3 heterocycles. The molecule has 0 radical (unpaired) electrons. The first-order valence-electron chi connectivity index (χ1n) is 14.4. The van der Waals surface area contributed by atoms with Gasteiger partial charge in [0, 0.05) is 30.8 Å². The Bertz CT molecular complexity index is 1690. The number of pyridine rings is 2. The minimum Gasteiger partial charge on any atom is -0.346 e. The molecule has 1 saturated heterocycles. The molecule has 5 fully saturated rings. The van der Waals surface area contributed by atoms with E-state index in [9.17, 15) is 18.8 Å². The molecule has 4 aliphatic carbocycles. The van der Waals surface area contributed by atoms with Gasteiger partial charge in [0.15, 0.2) is 5.65 Å². The average molecular weight is 545 g/mol. The Hall–Kier alpha value is -3.62. The van der Waals surface area contributed by atoms with Crippen LogP contribution in [0.3, 0.4) is 0 Å². The summed E-state index contributed by atoms with van der Waals surface area (Å²) in [5.74, 6) is 0.288. The summed E-state index contributed by atoms with van der Waals surface area (Å²) >= 11 is 0. The molecule has 3 aromatic rings. The number of halogens is 2. The van der Waals surface area contributed by atoms with Gasteiger partial charge in [0.2, 0.25) is 11.3 Å². The smallest absolute Gasteiger partial charge is 0.257 e. The summed E-state index contributed by atoms with van der Waals surface area (Å²) in [6.07, 6.45) is 10.1. The average Bonchev–Trinajstić information content (AvgIpc) is 3.20. The molecule has 2 bridgehead atoms. The Kier molecular flexibility index (Phi) is 4.97. The van der Waals surface area contributed by atoms with E-state index < -0.39 is 23.0 Å². The molecular weight excluding hydrogens is 514 g/mol. The standard InChI is InChI=1S/C31H30F2N4O3/c32-19-4-6-24(23(33)13-19)37-15-21(27(39)20-5-7-25(34-28(20)37)36-10-2-1-3-26(36)38)29(40)35-31-14-17-11-18-8-9-30(31,16-31)22(18)12-17/h4-7,13,15,17-18,22H,1-3,8-12,14,16H2,(H,35,40). The molecule has 1 aromatic carbocycles. The minimum absolute atomic E-state index is 0.0366. The topological polar surface area (TPSA) is 84.3 Å². The van der Waals surface area contributed by atoms with Gasteiger partial charge in [-0.05, 0) is 98.8 Å². The lowest BCUT2D eigenvalue weighted by Gasteiger charge is -2.34. The number of benzene rings is 1. The fraction of sp³-hybridized carbons (Fsp3) is 0.484. The van der Waals surface area contributed by atoms with E-state index in [1.165, 1.54) is 36.1 Å². The van der Waals surface area contributed by atoms with Crippen molar-refractivity contribution in [3.63, 3.8) is 0 Å². The number of carbonyl (C=O) groups excluding carboxylic acids is 2. The molecule has 9 heteroatoms. The van der Waals surface area contributed by atoms with E-state index in [2.05, 4.69) is 10.3 Å². The van der Waals surface area contributed by atoms with Gasteiger partial charge in [-0.25, -0.2) is 13.8 Å². The molecule has 2 amide bonds. The zero-order valence-corrected chi connectivity index (χ0v) is 22.1. The number of hydrogen-bond donors (Lipinski definition) is 1. The predicted octanol–water partition coefficient (Wildman–Crippen LogP) is 4.88. The third-order valence-corrected chi connectivity index (χ3v) is 10.7. The highest BCUT2D eigenvalue weighted by atomic mass is 19.1. The van der Waals surface area contributed by atoms with Crippen molar-refractivity contribution in [2.24, 2.45) is 23.2 Å². The lowest BCUT2D eigenvalue weighted by molar-refractivity contribution is -0.119. The Morgan fingerprint density at radius 1 is 1.10 bits per heavy atom. The summed E-state index contributed by atoms with van der Waals surface area (Å²) in [6, 6.07) is 6.31. The number of rotatable bonds is 4. The summed E-state index contributed by atoms with van der Waals surface area (Å²) < 4.78 is 30.3. The Morgan fingerprint density at radius 2 is 1.98 bits per heavy atom. The van der Waals surface area contributed by atoms with Crippen molar-refractivity contribution in [1.82, 2.24) is 14.9 Å². The Morgan fingerprint density at radius 3 is 2.80 bits per heavy atom. The fourth-order valence-electron chi connectivity index (χ4n) is 9.03. The van der Waals surface area contributed by atoms with Crippen LogP contribution in [0.25, 0.3) is 16.7 Å². The molecule has 8 rings (SSSR count). The molecule has 5 aliphatic rings. The van der Waals surface area contributed by atoms with Crippen LogP contribution in [0.2, 0.25) is 0 Å². The van der Waals surface area contributed by atoms with Gasteiger partial charge in [-0.1, -0.05) is 0 Å². The van der Waals surface area contributed by atoms with Crippen LogP contribution in [-0.2, 0) is 4.79 Å². The number of nitrogens with one attached hydrogen (secondary N) is 1. The van der Waals surface area contributed by atoms with Crippen LogP contribution in [0.4, 0.5) is 14.6 Å². The number of aromatic nitrogens is 2. The molecule has 4 saturated carbocycles. The highest BCUT2D eigenvalue weighted by molar-refractivity contribution is 5.99. The molecule has 1 N–H and O–H groups in total. The van der Waals surface area contributed by atoms with Gasteiger partial charge in [0.05, 0.1) is 11.1 Å².